The van der Waals surface area contributed by atoms with Crippen LogP contribution in [0.5, 0.6) is 0 Å². The molecule has 4 bridgehead atoms. The molecule has 3 aliphatic heterocycles. The number of rotatable bonds is 9. The summed E-state index contributed by atoms with van der Waals surface area (Å²) in [6.07, 6.45) is -11.4. The first-order valence-electron chi connectivity index (χ1n) is 18.4. The van der Waals surface area contributed by atoms with Crippen molar-refractivity contribution in [2.75, 3.05) is 59.5 Å². The van der Waals surface area contributed by atoms with Crippen molar-refractivity contribution in [2.45, 2.75) is 110 Å². The molecule has 3 saturated heterocycles. The number of hydrogen-bond acceptors (Lipinski definition) is 18. The summed E-state index contributed by atoms with van der Waals surface area (Å²) in [7, 11) is 0. The minimum Gasteiger partial charge on any atom is -0.456 e. The van der Waals surface area contributed by atoms with E-state index in [4.69, 9.17) is 61.6 Å². The van der Waals surface area contributed by atoms with Crippen LogP contribution in [0.2, 0.25) is 0 Å². The zero-order valence-electron chi connectivity index (χ0n) is 32.9. The Morgan fingerprint density at radius 2 is 1.11 bits per heavy atom. The fourth-order valence-corrected chi connectivity index (χ4v) is 6.41. The lowest BCUT2D eigenvalue weighted by Gasteiger charge is -2.46. The highest BCUT2D eigenvalue weighted by Crippen LogP contribution is 2.41. The third-order valence-corrected chi connectivity index (χ3v) is 8.57. The minimum atomic E-state index is -2.17. The lowest BCUT2D eigenvalue weighted by molar-refractivity contribution is -0.387. The molecule has 9 atom stereocenters. The molecule has 0 spiro atoms. The summed E-state index contributed by atoms with van der Waals surface area (Å²) in [5.74, 6) is -6.11. The molecule has 18 nitrogen and oxygen atoms in total. The largest absolute Gasteiger partial charge is 0.456 e. The van der Waals surface area contributed by atoms with Crippen LogP contribution in [0.15, 0.2) is 30.3 Å². The predicted octanol–water partition coefficient (Wildman–Crippen LogP) is 1.80. The van der Waals surface area contributed by atoms with E-state index in [2.05, 4.69) is 0 Å². The number of fused-ring (bicyclic) bond motifs is 4. The van der Waals surface area contributed by atoms with Crippen LogP contribution in [-0.2, 0) is 92.2 Å². The van der Waals surface area contributed by atoms with Gasteiger partial charge < -0.3 is 61.6 Å². The van der Waals surface area contributed by atoms with Gasteiger partial charge in [-0.05, 0) is 5.56 Å². The molecule has 3 fully saturated rings. The Morgan fingerprint density at radius 1 is 0.607 bits per heavy atom. The van der Waals surface area contributed by atoms with Gasteiger partial charge >= 0.3 is 29.8 Å². The van der Waals surface area contributed by atoms with Crippen LogP contribution in [-0.4, -0.2) is 144 Å². The molecule has 4 rings (SSSR count). The molecule has 0 aromatic heterocycles. The topological polar surface area (TPSA) is 205 Å². The van der Waals surface area contributed by atoms with Crippen molar-refractivity contribution in [3.8, 4) is 0 Å². The van der Waals surface area contributed by atoms with Crippen molar-refractivity contribution in [2.24, 2.45) is 5.41 Å². The molecule has 0 N–H and O–H groups in total. The maximum atomic E-state index is 12.8. The van der Waals surface area contributed by atoms with Crippen LogP contribution < -0.4 is 0 Å². The average Bonchev–Trinajstić information content (AvgIpc) is 3.36. The van der Waals surface area contributed by atoms with Crippen LogP contribution in [0.4, 0.5) is 0 Å². The molecule has 0 unspecified atom stereocenters. The van der Waals surface area contributed by atoms with Gasteiger partial charge in [0.25, 0.3) is 0 Å². The first kappa shape index (κ1) is 45.0. The first-order chi connectivity index (χ1) is 26.6. The third kappa shape index (κ3) is 13.4. The average molecular weight is 799 g/mol. The van der Waals surface area contributed by atoms with Gasteiger partial charge in [-0.1, -0.05) is 44.2 Å². The fraction of sp³-hybridized carbons (Fsp3) is 0.711. The molecule has 3 heterocycles. The van der Waals surface area contributed by atoms with Gasteiger partial charge in [-0.25, -0.2) is 0 Å². The standard InChI is InChI=1S/C38H54O18/c1-23(39)49-31-29-18-44-13-15-46-20-37(6,7)21-47-16-14-45-19-30-32(50-24(2)40)35(53-27(5)43)38(55-30,22-48-17-28-11-9-8-10-12-28)56-36(54-29)34(52-26(4)42)33(31)51-25(3)41/h8-12,29-36H,13-22H2,1-7H3/t29-,30-,31-,32-,33+,34-,35+,36-,38+/m1/s1. The Kier molecular flexibility index (Phi) is 17.0. The van der Waals surface area contributed by atoms with Crippen LogP contribution >= 0.6 is 0 Å². The molecule has 0 amide bonds. The highest BCUT2D eigenvalue weighted by molar-refractivity contribution is 5.69. The van der Waals surface area contributed by atoms with Crippen molar-refractivity contribution in [1.29, 1.82) is 0 Å². The number of benzene rings is 1. The van der Waals surface area contributed by atoms with Crippen LogP contribution in [0.3, 0.4) is 0 Å². The molecule has 0 saturated carbocycles. The van der Waals surface area contributed by atoms with Gasteiger partial charge in [0.05, 0.1) is 59.5 Å². The highest BCUT2D eigenvalue weighted by Gasteiger charge is 2.64. The van der Waals surface area contributed by atoms with Crippen molar-refractivity contribution >= 4 is 29.8 Å². The van der Waals surface area contributed by atoms with E-state index >= 15 is 0 Å². The van der Waals surface area contributed by atoms with E-state index in [1.807, 2.05) is 44.2 Å². The summed E-state index contributed by atoms with van der Waals surface area (Å²) in [6, 6.07) is 9.12. The SMILES string of the molecule is CC(=O)O[C@@H]1[C@@H](OC(C)=O)[C@@H]2O[C@H](COCCOCC(C)(C)COCCOC[C@H]3O[C@@](COCc4ccccc4)(O2)[C@@H](OC(C)=O)[C@@H]3OC(C)=O)[C@H]1OC(C)=O. The molecular formula is C38H54O18. The second kappa shape index (κ2) is 21.1. The van der Waals surface area contributed by atoms with Gasteiger partial charge in [0.2, 0.25) is 12.1 Å². The number of ether oxygens (including phenoxy) is 13. The smallest absolute Gasteiger partial charge is 0.303 e. The molecular weight excluding hydrogens is 744 g/mol. The Balaban J connectivity index is 1.83. The van der Waals surface area contributed by atoms with Gasteiger partial charge in [-0.2, -0.15) is 0 Å². The second-order valence-corrected chi connectivity index (χ2v) is 14.4. The molecule has 18 heteroatoms. The molecule has 1 aromatic carbocycles. The van der Waals surface area contributed by atoms with Gasteiger partial charge in [0.1, 0.15) is 18.8 Å². The minimum absolute atomic E-state index is 0.0250. The van der Waals surface area contributed by atoms with Gasteiger partial charge in [-0.3, -0.25) is 24.0 Å². The number of esters is 5. The Morgan fingerprint density at radius 3 is 1.68 bits per heavy atom. The first-order valence-corrected chi connectivity index (χ1v) is 18.4. The molecule has 56 heavy (non-hydrogen) atoms. The maximum Gasteiger partial charge on any atom is 0.303 e. The van der Waals surface area contributed by atoms with Crippen molar-refractivity contribution in [3.63, 3.8) is 0 Å². The lowest BCUT2D eigenvalue weighted by atomic mass is 9.96. The monoisotopic (exact) mass is 798 g/mol. The van der Waals surface area contributed by atoms with Gasteiger partial charge in [-0.15, -0.1) is 0 Å². The second-order valence-electron chi connectivity index (χ2n) is 14.4. The summed E-state index contributed by atoms with van der Waals surface area (Å²) >= 11 is 0. The van der Waals surface area contributed by atoms with E-state index in [1.54, 1.807) is 0 Å². The highest BCUT2D eigenvalue weighted by atomic mass is 16.8. The van der Waals surface area contributed by atoms with Crippen LogP contribution in [0.25, 0.3) is 0 Å². The zero-order chi connectivity index (χ0) is 40.9. The predicted molar refractivity (Wildman–Crippen MR) is 188 cm³/mol. The third-order valence-electron chi connectivity index (χ3n) is 8.57. The van der Waals surface area contributed by atoms with Gasteiger partial charge in [0.15, 0.2) is 30.5 Å². The molecule has 0 aliphatic carbocycles. The Hall–Kier alpha value is -3.75. The summed E-state index contributed by atoms with van der Waals surface area (Å²) in [4.78, 5) is 63.0. The zero-order valence-corrected chi connectivity index (χ0v) is 32.9. The summed E-state index contributed by atoms with van der Waals surface area (Å²) in [6.45, 7) is 9.98. The Bertz CT molecular complexity index is 1450. The van der Waals surface area contributed by atoms with Crippen molar-refractivity contribution in [3.05, 3.63) is 35.9 Å². The van der Waals surface area contributed by atoms with E-state index in [0.29, 0.717) is 13.2 Å². The van der Waals surface area contributed by atoms with E-state index in [-0.39, 0.29) is 51.7 Å². The fourth-order valence-electron chi connectivity index (χ4n) is 6.41. The van der Waals surface area contributed by atoms with E-state index < -0.39 is 91.3 Å². The lowest BCUT2D eigenvalue weighted by Crippen LogP contribution is -2.65. The molecule has 314 valence electrons. The number of hydrogen-bond donors (Lipinski definition) is 0. The Labute approximate surface area is 325 Å². The number of carbonyl (C=O) groups excluding carboxylic acids is 5. The molecule has 0 radical (unpaired) electrons. The van der Waals surface area contributed by atoms with E-state index in [1.165, 1.54) is 6.92 Å². The summed E-state index contributed by atoms with van der Waals surface area (Å²) < 4.78 is 77.7. The quantitative estimate of drug-likeness (QED) is 0.258. The molecule has 3 aliphatic rings. The van der Waals surface area contributed by atoms with Crippen LogP contribution in [0, 0.1) is 5.41 Å². The number of carbonyl (C=O) groups is 5. The molecule has 1 aromatic rings. The van der Waals surface area contributed by atoms with E-state index in [0.717, 1.165) is 33.3 Å². The van der Waals surface area contributed by atoms with Crippen molar-refractivity contribution < 1.29 is 85.6 Å². The maximum absolute atomic E-state index is 12.8. The van der Waals surface area contributed by atoms with Crippen LogP contribution in [0.1, 0.15) is 54.0 Å². The normalized spacial score (nSPS) is 31.6. The van der Waals surface area contributed by atoms with E-state index in [9.17, 15) is 24.0 Å². The summed E-state index contributed by atoms with van der Waals surface area (Å²) in [5.41, 5.74) is 0.400. The van der Waals surface area contributed by atoms with Gasteiger partial charge in [0, 0.05) is 40.0 Å². The summed E-state index contributed by atoms with van der Waals surface area (Å²) in [5, 5.41) is 0. The van der Waals surface area contributed by atoms with Crippen molar-refractivity contribution in [1.82, 2.24) is 0 Å².